The van der Waals surface area contributed by atoms with Crippen molar-refractivity contribution in [2.24, 2.45) is 0 Å². The van der Waals surface area contributed by atoms with Crippen molar-refractivity contribution in [1.29, 1.82) is 0 Å². The molecule has 1 fully saturated rings. The molecule has 0 atom stereocenters. The molecule has 162 valence electrons. The molecule has 11 heteroatoms. The van der Waals surface area contributed by atoms with Crippen LogP contribution in [0.2, 0.25) is 5.02 Å². The van der Waals surface area contributed by atoms with E-state index in [1.54, 1.807) is 30.3 Å². The van der Waals surface area contributed by atoms with Crippen LogP contribution < -0.4 is 10.2 Å². The Balaban J connectivity index is 1.43. The number of anilines is 2. The molecule has 1 N–H and O–H groups in total. The number of benzene rings is 2. The van der Waals surface area contributed by atoms with Gasteiger partial charge in [-0.3, -0.25) is 10.1 Å². The SMILES string of the molecule is Cc1ccc(Cl)cc1N1CCN(S(=O)(=O)c2nnc(NC(=O)c3ccccc3)s2)CC1. The van der Waals surface area contributed by atoms with E-state index in [-0.39, 0.29) is 15.4 Å². The van der Waals surface area contributed by atoms with Crippen LogP contribution in [0, 0.1) is 6.92 Å². The van der Waals surface area contributed by atoms with E-state index in [1.165, 1.54) is 4.31 Å². The topological polar surface area (TPSA) is 95.5 Å². The second kappa shape index (κ2) is 8.91. The number of carbonyl (C=O) groups is 1. The number of hydrogen-bond acceptors (Lipinski definition) is 7. The Labute approximate surface area is 189 Å². The Morgan fingerprint density at radius 1 is 1.06 bits per heavy atom. The maximum atomic E-state index is 13.0. The third-order valence-corrected chi connectivity index (χ3v) is 8.29. The second-order valence-corrected chi connectivity index (χ2v) is 10.5. The number of rotatable bonds is 5. The van der Waals surface area contributed by atoms with Crippen molar-refractivity contribution in [3.63, 3.8) is 0 Å². The number of halogens is 1. The highest BCUT2D eigenvalue weighted by Gasteiger charge is 2.32. The van der Waals surface area contributed by atoms with Crippen molar-refractivity contribution in [2.45, 2.75) is 11.3 Å². The van der Waals surface area contributed by atoms with Crippen LogP contribution in [0.1, 0.15) is 15.9 Å². The third kappa shape index (κ3) is 4.72. The van der Waals surface area contributed by atoms with Gasteiger partial charge in [-0.25, -0.2) is 8.42 Å². The molecule has 0 saturated carbocycles. The molecule has 1 aliphatic rings. The Hall–Kier alpha value is -2.53. The lowest BCUT2D eigenvalue weighted by Crippen LogP contribution is -2.48. The highest BCUT2D eigenvalue weighted by atomic mass is 35.5. The van der Waals surface area contributed by atoms with Crippen molar-refractivity contribution < 1.29 is 13.2 Å². The summed E-state index contributed by atoms with van der Waals surface area (Å²) in [5, 5.41) is 11.0. The minimum atomic E-state index is -3.79. The van der Waals surface area contributed by atoms with Crippen LogP contribution in [0.4, 0.5) is 10.8 Å². The van der Waals surface area contributed by atoms with Crippen LogP contribution in [0.15, 0.2) is 52.9 Å². The standard InChI is InChI=1S/C20H20ClN5O3S2/c1-14-7-8-16(21)13-17(14)25-9-11-26(12-10-25)31(28,29)20-24-23-19(30-20)22-18(27)15-5-3-2-4-6-15/h2-8,13H,9-12H2,1H3,(H,22,23,27). The summed E-state index contributed by atoms with van der Waals surface area (Å²) in [5.41, 5.74) is 2.55. The smallest absolute Gasteiger partial charge is 0.272 e. The van der Waals surface area contributed by atoms with Gasteiger partial charge in [0.15, 0.2) is 0 Å². The second-order valence-electron chi connectivity index (χ2n) is 7.02. The average Bonchev–Trinajstić information content (AvgIpc) is 3.25. The number of carbonyl (C=O) groups excluding carboxylic acids is 1. The number of sulfonamides is 1. The molecule has 0 spiro atoms. The van der Waals surface area contributed by atoms with Crippen LogP contribution in [0.25, 0.3) is 0 Å². The molecule has 31 heavy (non-hydrogen) atoms. The summed E-state index contributed by atoms with van der Waals surface area (Å²) >= 11 is 6.96. The zero-order valence-corrected chi connectivity index (χ0v) is 19.0. The van der Waals surface area contributed by atoms with Crippen molar-refractivity contribution >= 4 is 49.7 Å². The van der Waals surface area contributed by atoms with Gasteiger partial charge in [-0.1, -0.05) is 47.2 Å². The molecule has 1 aliphatic heterocycles. The van der Waals surface area contributed by atoms with Gasteiger partial charge >= 0.3 is 0 Å². The largest absolute Gasteiger partial charge is 0.369 e. The van der Waals surface area contributed by atoms with E-state index in [4.69, 9.17) is 11.6 Å². The Bertz CT molecular complexity index is 1190. The fourth-order valence-corrected chi connectivity index (χ4v) is 5.95. The Morgan fingerprint density at radius 3 is 2.48 bits per heavy atom. The summed E-state index contributed by atoms with van der Waals surface area (Å²) < 4.78 is 27.3. The summed E-state index contributed by atoms with van der Waals surface area (Å²) in [5.74, 6) is -0.369. The molecule has 4 rings (SSSR count). The first-order valence-electron chi connectivity index (χ1n) is 9.56. The first-order chi connectivity index (χ1) is 14.8. The molecule has 0 unspecified atom stereocenters. The molecular formula is C20H20ClN5O3S2. The van der Waals surface area contributed by atoms with Crippen LogP contribution >= 0.6 is 22.9 Å². The van der Waals surface area contributed by atoms with Gasteiger partial charge in [0.25, 0.3) is 15.9 Å². The predicted octanol–water partition coefficient (Wildman–Crippen LogP) is 3.26. The van der Waals surface area contributed by atoms with Crippen LogP contribution in [-0.4, -0.2) is 55.0 Å². The van der Waals surface area contributed by atoms with Gasteiger partial charge in [-0.2, -0.15) is 4.31 Å². The summed E-state index contributed by atoms with van der Waals surface area (Å²) in [4.78, 5) is 14.4. The van der Waals surface area contributed by atoms with Crippen molar-refractivity contribution in [3.05, 3.63) is 64.7 Å². The molecule has 0 bridgehead atoms. The number of amides is 1. The maximum absolute atomic E-state index is 13.0. The van der Waals surface area contributed by atoms with E-state index in [9.17, 15) is 13.2 Å². The lowest BCUT2D eigenvalue weighted by molar-refractivity contribution is 0.102. The van der Waals surface area contributed by atoms with E-state index in [1.807, 2.05) is 25.1 Å². The summed E-state index contributed by atoms with van der Waals surface area (Å²) in [6, 6.07) is 14.3. The van der Waals surface area contributed by atoms with E-state index in [0.717, 1.165) is 22.6 Å². The summed E-state index contributed by atoms with van der Waals surface area (Å²) in [7, 11) is -3.79. The van der Waals surface area contributed by atoms with Crippen molar-refractivity contribution in [2.75, 3.05) is 36.4 Å². The molecule has 2 aromatic carbocycles. The third-order valence-electron chi connectivity index (χ3n) is 4.97. The number of nitrogens with one attached hydrogen (secondary N) is 1. The summed E-state index contributed by atoms with van der Waals surface area (Å²) in [6.45, 7) is 3.72. The zero-order valence-electron chi connectivity index (χ0n) is 16.7. The molecule has 2 heterocycles. The molecule has 0 radical (unpaired) electrons. The molecule has 8 nitrogen and oxygen atoms in total. The first-order valence-corrected chi connectivity index (χ1v) is 12.2. The molecular weight excluding hydrogens is 458 g/mol. The molecule has 3 aromatic rings. The number of hydrogen-bond donors (Lipinski definition) is 1. The van der Waals surface area contributed by atoms with Gasteiger partial charge in [0, 0.05) is 42.5 Å². The number of aryl methyl sites for hydroxylation is 1. The molecule has 1 saturated heterocycles. The normalized spacial score (nSPS) is 15.1. The zero-order chi connectivity index (χ0) is 22.0. The minimum Gasteiger partial charge on any atom is -0.369 e. The van der Waals surface area contributed by atoms with E-state index >= 15 is 0 Å². The van der Waals surface area contributed by atoms with Gasteiger partial charge in [-0.15, -0.1) is 10.2 Å². The van der Waals surface area contributed by atoms with Gasteiger partial charge in [0.05, 0.1) is 0 Å². The van der Waals surface area contributed by atoms with Crippen LogP contribution in [0.5, 0.6) is 0 Å². The van der Waals surface area contributed by atoms with Gasteiger partial charge in [0.1, 0.15) is 0 Å². The number of nitrogens with zero attached hydrogens (tertiary/aromatic N) is 4. The lowest BCUT2D eigenvalue weighted by atomic mass is 10.1. The lowest BCUT2D eigenvalue weighted by Gasteiger charge is -2.35. The fraction of sp³-hybridized carbons (Fsp3) is 0.250. The minimum absolute atomic E-state index is 0.136. The monoisotopic (exact) mass is 477 g/mol. The number of piperazine rings is 1. The Morgan fingerprint density at radius 2 is 1.77 bits per heavy atom. The first kappa shape index (κ1) is 21.7. The maximum Gasteiger partial charge on any atom is 0.272 e. The predicted molar refractivity (Wildman–Crippen MR) is 121 cm³/mol. The highest BCUT2D eigenvalue weighted by molar-refractivity contribution is 7.91. The molecule has 0 aliphatic carbocycles. The Kier molecular flexibility index (Phi) is 6.24. The van der Waals surface area contributed by atoms with E-state index in [2.05, 4.69) is 20.4 Å². The molecule has 1 amide bonds. The average molecular weight is 478 g/mol. The fourth-order valence-electron chi connectivity index (χ4n) is 3.33. The molecule has 1 aromatic heterocycles. The van der Waals surface area contributed by atoms with Gasteiger partial charge in [0.2, 0.25) is 9.47 Å². The van der Waals surface area contributed by atoms with Crippen LogP contribution in [0.3, 0.4) is 0 Å². The van der Waals surface area contributed by atoms with Crippen molar-refractivity contribution in [3.8, 4) is 0 Å². The van der Waals surface area contributed by atoms with Gasteiger partial charge in [-0.05, 0) is 36.8 Å². The number of aromatic nitrogens is 2. The van der Waals surface area contributed by atoms with E-state index < -0.39 is 10.0 Å². The van der Waals surface area contributed by atoms with Gasteiger partial charge < -0.3 is 4.90 Å². The van der Waals surface area contributed by atoms with Crippen molar-refractivity contribution in [1.82, 2.24) is 14.5 Å². The summed E-state index contributed by atoms with van der Waals surface area (Å²) in [6.07, 6.45) is 0. The highest BCUT2D eigenvalue weighted by Crippen LogP contribution is 2.28. The quantitative estimate of drug-likeness (QED) is 0.567. The van der Waals surface area contributed by atoms with E-state index in [0.29, 0.717) is 36.8 Å². The van der Waals surface area contributed by atoms with Crippen LogP contribution in [-0.2, 0) is 10.0 Å².